The maximum atomic E-state index is 14.0. The number of halogens is 2. The van der Waals surface area contributed by atoms with Crippen LogP contribution in [-0.4, -0.2) is 68.9 Å². The van der Waals surface area contributed by atoms with Gasteiger partial charge in [-0.05, 0) is 86.3 Å². The van der Waals surface area contributed by atoms with Crippen LogP contribution in [0.15, 0.2) is 109 Å². The second-order valence-electron chi connectivity index (χ2n) is 15.4. The molecule has 6 aromatic rings. The van der Waals surface area contributed by atoms with E-state index in [1.54, 1.807) is 125 Å². The average molecular weight is 1010 g/mol. The lowest BCUT2D eigenvalue weighted by Crippen LogP contribution is -2.45. The van der Waals surface area contributed by atoms with Crippen molar-refractivity contribution in [2.75, 3.05) is 46.0 Å². The van der Waals surface area contributed by atoms with Crippen molar-refractivity contribution in [2.24, 2.45) is 0 Å². The van der Waals surface area contributed by atoms with Crippen molar-refractivity contribution in [1.29, 1.82) is 0 Å². The molecule has 0 saturated carbocycles. The maximum Gasteiger partial charge on any atom is 0.699 e. The first kappa shape index (κ1) is 52.1. The summed E-state index contributed by atoms with van der Waals surface area (Å²) in [6.45, 7) is 6.89. The molecule has 6 rings (SSSR count). The molecule has 0 aliphatic rings. The van der Waals surface area contributed by atoms with Gasteiger partial charge in [-0.1, -0.05) is 87.3 Å². The highest BCUT2D eigenvalue weighted by Gasteiger charge is 2.52. The van der Waals surface area contributed by atoms with E-state index in [4.69, 9.17) is 32.2 Å². The Kier molecular flexibility index (Phi) is 17.7. The Balaban J connectivity index is 1.10. The van der Waals surface area contributed by atoms with E-state index < -0.39 is 31.3 Å². The van der Waals surface area contributed by atoms with E-state index in [-0.39, 0.29) is 71.1 Å². The van der Waals surface area contributed by atoms with Crippen molar-refractivity contribution in [3.63, 3.8) is 0 Å². The van der Waals surface area contributed by atoms with Gasteiger partial charge in [-0.2, -0.15) is 9.97 Å². The molecule has 0 fully saturated rings. The van der Waals surface area contributed by atoms with Crippen molar-refractivity contribution in [1.82, 2.24) is 30.6 Å². The molecule has 4 aromatic carbocycles. The topological polar surface area (TPSA) is 252 Å². The molecular formula is C48H52Cl2N12O7P+. The summed E-state index contributed by atoms with van der Waals surface area (Å²) in [6.07, 6.45) is 3.28. The number of carbonyl (C=O) groups excluding carboxylic acids is 4. The van der Waals surface area contributed by atoms with Gasteiger partial charge in [0.2, 0.25) is 23.1 Å². The van der Waals surface area contributed by atoms with Crippen LogP contribution in [0.4, 0.5) is 57.7 Å². The summed E-state index contributed by atoms with van der Waals surface area (Å²) in [7, 11) is 0.0276. The van der Waals surface area contributed by atoms with Gasteiger partial charge < -0.3 is 42.5 Å². The summed E-state index contributed by atoms with van der Waals surface area (Å²) >= 11 is 12.8. The standard InChI is InChI=1S/C48H51Cl2N12O7P/c1-7-47(8-2,43(65)55-29-17-15-19-31(25-29)57-45-53-27-35(49)39(61-45)59-37-23-13-11-21-33(37)41(63)51-5)68-70(67)69-48(9-3,10-4)44(66)56-30-18-16-20-32(26-30)58-46-54-28-36(50)40(62-46)60-38-24-14-12-22-34(38)42(64)52-6/h11-28H,7-10H2,1-6H3,(H7-,51,52,53,54,55,56,57,58,59,60,61,62,63,64,65,66)/p+1. The Hall–Kier alpha value is -7.28. The van der Waals surface area contributed by atoms with Crippen molar-refractivity contribution >= 4 is 113 Å². The fourth-order valence-corrected chi connectivity index (χ4v) is 8.59. The lowest BCUT2D eigenvalue weighted by Gasteiger charge is -2.27. The Bertz CT molecular complexity index is 2700. The summed E-state index contributed by atoms with van der Waals surface area (Å²) < 4.78 is 25.8. The second-order valence-corrected chi connectivity index (χ2v) is 17.0. The Morgan fingerprint density at radius 1 is 0.543 bits per heavy atom. The fourth-order valence-electron chi connectivity index (χ4n) is 7.02. The molecule has 4 amide bonds. The lowest BCUT2D eigenvalue weighted by atomic mass is 9.96. The number of rotatable bonds is 22. The number of carbonyl (C=O) groups is 4. The Morgan fingerprint density at radius 2 is 0.914 bits per heavy atom. The molecule has 0 saturated heterocycles. The average Bonchev–Trinajstić information content (AvgIpc) is 3.37. The summed E-state index contributed by atoms with van der Waals surface area (Å²) in [5.74, 6) is -0.918. The summed E-state index contributed by atoms with van der Waals surface area (Å²) in [5, 5.41) is 23.8. The van der Waals surface area contributed by atoms with E-state index in [0.717, 1.165) is 0 Å². The minimum atomic E-state index is -3.04. The number of nitrogens with one attached hydrogen (secondary N) is 8. The molecule has 0 aliphatic carbocycles. The van der Waals surface area contributed by atoms with Crippen molar-refractivity contribution in [3.8, 4) is 0 Å². The molecule has 2 heterocycles. The number of aromatic nitrogens is 4. The molecule has 0 aliphatic heterocycles. The summed E-state index contributed by atoms with van der Waals surface area (Å²) in [6, 6.07) is 27.3. The van der Waals surface area contributed by atoms with Gasteiger partial charge in [0.05, 0.1) is 34.9 Å². The SMILES string of the molecule is CCC(CC)(O[P+](=O)OC(CC)(CC)C(=O)Nc1cccc(Nc2ncc(Cl)c(Nc3ccccc3C(=O)NC)n2)c1)C(=O)Nc1cccc(Nc2ncc(Cl)c(Nc3ccccc3C(=O)NC)n2)c1. The van der Waals surface area contributed by atoms with Crippen LogP contribution in [0.25, 0.3) is 0 Å². The van der Waals surface area contributed by atoms with Crippen LogP contribution in [0, 0.1) is 0 Å². The van der Waals surface area contributed by atoms with Gasteiger partial charge in [-0.15, -0.1) is 9.05 Å². The predicted molar refractivity (Wildman–Crippen MR) is 273 cm³/mol. The van der Waals surface area contributed by atoms with Gasteiger partial charge in [0, 0.05) is 41.4 Å². The van der Waals surface area contributed by atoms with E-state index >= 15 is 0 Å². The van der Waals surface area contributed by atoms with Crippen molar-refractivity contribution in [2.45, 2.75) is 64.6 Å². The first-order valence-electron chi connectivity index (χ1n) is 22.1. The van der Waals surface area contributed by atoms with Gasteiger partial charge >= 0.3 is 8.25 Å². The van der Waals surface area contributed by atoms with Gasteiger partial charge in [0.15, 0.2) is 11.6 Å². The molecule has 0 bridgehead atoms. The fraction of sp³-hybridized carbons (Fsp3) is 0.250. The third-order valence-electron chi connectivity index (χ3n) is 11.2. The zero-order valence-corrected chi connectivity index (χ0v) is 41.5. The van der Waals surface area contributed by atoms with Crippen LogP contribution < -0.4 is 42.5 Å². The first-order valence-corrected chi connectivity index (χ1v) is 24.0. The molecule has 8 N–H and O–H groups in total. The van der Waals surface area contributed by atoms with Crippen LogP contribution in [0.2, 0.25) is 10.0 Å². The molecule has 22 heteroatoms. The van der Waals surface area contributed by atoms with Gasteiger partial charge in [-0.3, -0.25) is 19.2 Å². The number of hydrogen-bond donors (Lipinski definition) is 8. The zero-order chi connectivity index (χ0) is 50.4. The lowest BCUT2D eigenvalue weighted by molar-refractivity contribution is -0.136. The number of hydrogen-bond acceptors (Lipinski definition) is 15. The van der Waals surface area contributed by atoms with Gasteiger partial charge in [-0.25, -0.2) is 9.97 Å². The number of anilines is 10. The van der Waals surface area contributed by atoms with Crippen LogP contribution in [0.3, 0.4) is 0 Å². The molecule has 70 heavy (non-hydrogen) atoms. The molecular weight excluding hydrogens is 958 g/mol. The molecule has 0 atom stereocenters. The Labute approximate surface area is 415 Å². The van der Waals surface area contributed by atoms with Crippen LogP contribution in [-0.2, 0) is 23.2 Å². The molecule has 0 spiro atoms. The predicted octanol–water partition coefficient (Wildman–Crippen LogP) is 10.7. The molecule has 364 valence electrons. The summed E-state index contributed by atoms with van der Waals surface area (Å²) in [4.78, 5) is 70.5. The van der Waals surface area contributed by atoms with Gasteiger partial charge in [0.1, 0.15) is 10.0 Å². The smallest absolute Gasteiger partial charge is 0.355 e. The van der Waals surface area contributed by atoms with Crippen LogP contribution in [0.1, 0.15) is 74.1 Å². The van der Waals surface area contributed by atoms with E-state index in [2.05, 4.69) is 62.5 Å². The largest absolute Gasteiger partial charge is 0.699 e. The minimum absolute atomic E-state index is 0.116. The highest BCUT2D eigenvalue weighted by Crippen LogP contribution is 2.42. The van der Waals surface area contributed by atoms with E-state index in [0.29, 0.717) is 45.3 Å². The van der Waals surface area contributed by atoms with Crippen LogP contribution >= 0.6 is 31.5 Å². The van der Waals surface area contributed by atoms with Gasteiger partial charge in [0.25, 0.3) is 23.6 Å². The van der Waals surface area contributed by atoms with E-state index in [9.17, 15) is 23.7 Å². The molecule has 19 nitrogen and oxygen atoms in total. The molecule has 2 aromatic heterocycles. The molecule has 0 radical (unpaired) electrons. The Morgan fingerprint density at radius 3 is 1.29 bits per heavy atom. The highest BCUT2D eigenvalue weighted by molar-refractivity contribution is 7.33. The maximum absolute atomic E-state index is 14.0. The van der Waals surface area contributed by atoms with Crippen LogP contribution in [0.5, 0.6) is 0 Å². The van der Waals surface area contributed by atoms with E-state index in [1.807, 2.05) is 0 Å². The van der Waals surface area contributed by atoms with Crippen molar-refractivity contribution in [3.05, 3.63) is 131 Å². The first-order chi connectivity index (χ1) is 33.7. The molecule has 0 unspecified atom stereocenters. The number of amides is 4. The number of benzene rings is 4. The zero-order valence-electron chi connectivity index (χ0n) is 39.1. The second kappa shape index (κ2) is 23.8. The van der Waals surface area contributed by atoms with E-state index in [1.165, 1.54) is 26.5 Å². The minimum Gasteiger partial charge on any atom is -0.355 e. The van der Waals surface area contributed by atoms with Crippen molar-refractivity contribution < 1.29 is 32.8 Å². The third-order valence-corrected chi connectivity index (χ3v) is 12.7. The summed E-state index contributed by atoms with van der Waals surface area (Å²) in [5.41, 5.74) is 0.300. The number of para-hydroxylation sites is 2. The monoisotopic (exact) mass is 1010 g/mol. The normalized spacial score (nSPS) is 11.2. The number of nitrogens with zero attached hydrogens (tertiary/aromatic N) is 4. The third kappa shape index (κ3) is 12.7. The quantitative estimate of drug-likeness (QED) is 0.0295. The highest BCUT2D eigenvalue weighted by atomic mass is 35.5.